The Hall–Kier alpha value is -1.33. The first-order chi connectivity index (χ1) is 8.44. The van der Waals surface area contributed by atoms with Crippen LogP contribution in [0.15, 0.2) is 35.7 Å². The van der Waals surface area contributed by atoms with Crippen molar-refractivity contribution in [3.05, 3.63) is 46.3 Å². The van der Waals surface area contributed by atoms with Gasteiger partial charge in [-0.15, -0.1) is 0 Å². The number of hydrogen-bond donors (Lipinski definition) is 1. The third kappa shape index (κ3) is 3.58. The summed E-state index contributed by atoms with van der Waals surface area (Å²) in [4.78, 5) is 11.7. The predicted octanol–water partition coefficient (Wildman–Crippen LogP) is 1.31. The summed E-state index contributed by atoms with van der Waals surface area (Å²) in [5.41, 5.74) is 0.835. The van der Waals surface area contributed by atoms with Crippen LogP contribution in [0, 0.1) is 0 Å². The SMILES string of the molecule is O=C(Cc1ccc(Cl)cc1)N[C@@H]1C=CS(=O)(=O)C1. The van der Waals surface area contributed by atoms with Crippen LogP contribution in [0.2, 0.25) is 5.02 Å². The highest BCUT2D eigenvalue weighted by Crippen LogP contribution is 2.11. The maximum absolute atomic E-state index is 11.7. The summed E-state index contributed by atoms with van der Waals surface area (Å²) in [7, 11) is -3.13. The van der Waals surface area contributed by atoms with Crippen LogP contribution in [0.25, 0.3) is 0 Å². The highest BCUT2D eigenvalue weighted by molar-refractivity contribution is 7.94. The Bertz CT molecular complexity index is 578. The zero-order chi connectivity index (χ0) is 13.2. The molecule has 0 unspecified atom stereocenters. The first-order valence-electron chi connectivity index (χ1n) is 5.39. The Morgan fingerprint density at radius 1 is 1.33 bits per heavy atom. The van der Waals surface area contributed by atoms with Crippen molar-refractivity contribution in [1.82, 2.24) is 5.32 Å². The van der Waals surface area contributed by atoms with E-state index >= 15 is 0 Å². The van der Waals surface area contributed by atoms with E-state index in [1.165, 1.54) is 6.08 Å². The van der Waals surface area contributed by atoms with Crippen molar-refractivity contribution in [3.8, 4) is 0 Å². The van der Waals surface area contributed by atoms with E-state index in [9.17, 15) is 13.2 Å². The zero-order valence-corrected chi connectivity index (χ0v) is 11.0. The minimum absolute atomic E-state index is 0.0562. The van der Waals surface area contributed by atoms with Gasteiger partial charge in [0, 0.05) is 10.4 Å². The number of carbonyl (C=O) groups is 1. The highest BCUT2D eigenvalue weighted by Gasteiger charge is 2.22. The second kappa shape index (κ2) is 5.12. The van der Waals surface area contributed by atoms with Gasteiger partial charge in [0.2, 0.25) is 5.91 Å². The first kappa shape index (κ1) is 13.1. The van der Waals surface area contributed by atoms with Crippen molar-refractivity contribution < 1.29 is 13.2 Å². The van der Waals surface area contributed by atoms with Crippen LogP contribution in [-0.2, 0) is 21.1 Å². The van der Waals surface area contributed by atoms with Crippen LogP contribution < -0.4 is 5.32 Å². The molecule has 1 aliphatic rings. The smallest absolute Gasteiger partial charge is 0.224 e. The van der Waals surface area contributed by atoms with Gasteiger partial charge in [0.1, 0.15) is 0 Å². The molecule has 0 saturated carbocycles. The topological polar surface area (TPSA) is 63.2 Å². The fourth-order valence-corrected chi connectivity index (χ4v) is 3.07. The van der Waals surface area contributed by atoms with Gasteiger partial charge in [-0.3, -0.25) is 4.79 Å². The molecule has 1 aromatic carbocycles. The van der Waals surface area contributed by atoms with Crippen molar-refractivity contribution in [2.75, 3.05) is 5.75 Å². The van der Waals surface area contributed by atoms with Crippen molar-refractivity contribution in [1.29, 1.82) is 0 Å². The maximum atomic E-state index is 11.7. The Kier molecular flexibility index (Phi) is 3.73. The molecule has 1 N–H and O–H groups in total. The summed E-state index contributed by atoms with van der Waals surface area (Å²) < 4.78 is 22.3. The van der Waals surface area contributed by atoms with Crippen LogP contribution in [0.4, 0.5) is 0 Å². The van der Waals surface area contributed by atoms with Gasteiger partial charge in [-0.1, -0.05) is 23.7 Å². The second-order valence-electron chi connectivity index (χ2n) is 4.14. The van der Waals surface area contributed by atoms with Gasteiger partial charge in [0.15, 0.2) is 9.84 Å². The summed E-state index contributed by atoms with van der Waals surface area (Å²) in [5, 5.41) is 4.41. The minimum Gasteiger partial charge on any atom is -0.349 e. The lowest BCUT2D eigenvalue weighted by molar-refractivity contribution is -0.120. The fourth-order valence-electron chi connectivity index (χ4n) is 1.71. The monoisotopic (exact) mass is 285 g/mol. The number of sulfone groups is 1. The molecule has 2 rings (SSSR count). The normalized spacial score (nSPS) is 20.8. The summed E-state index contributed by atoms with van der Waals surface area (Å²) in [6.45, 7) is 0. The standard InChI is InChI=1S/C12H12ClNO3S/c13-10-3-1-9(2-4-10)7-12(15)14-11-5-6-18(16,17)8-11/h1-6,11H,7-8H2,(H,14,15)/t11-/m1/s1. The summed E-state index contributed by atoms with van der Waals surface area (Å²) in [6, 6.07) is 6.54. The van der Waals surface area contributed by atoms with Gasteiger partial charge in [0.25, 0.3) is 0 Å². The van der Waals surface area contributed by atoms with Gasteiger partial charge in [-0.2, -0.15) is 0 Å². The third-order valence-corrected chi connectivity index (χ3v) is 4.20. The molecule has 1 atom stereocenters. The molecule has 18 heavy (non-hydrogen) atoms. The molecule has 0 spiro atoms. The molecule has 1 aliphatic heterocycles. The largest absolute Gasteiger partial charge is 0.349 e. The van der Waals surface area contributed by atoms with Crippen molar-refractivity contribution >= 4 is 27.3 Å². The lowest BCUT2D eigenvalue weighted by Gasteiger charge is -2.09. The molecule has 1 heterocycles. The van der Waals surface area contributed by atoms with E-state index in [-0.39, 0.29) is 18.1 Å². The van der Waals surface area contributed by atoms with E-state index in [0.29, 0.717) is 5.02 Å². The van der Waals surface area contributed by atoms with E-state index in [4.69, 9.17) is 11.6 Å². The van der Waals surface area contributed by atoms with Gasteiger partial charge in [0.05, 0.1) is 18.2 Å². The first-order valence-corrected chi connectivity index (χ1v) is 7.49. The number of halogens is 1. The number of nitrogens with one attached hydrogen (secondary N) is 1. The zero-order valence-electron chi connectivity index (χ0n) is 9.47. The molecule has 0 aromatic heterocycles. The fraction of sp³-hybridized carbons (Fsp3) is 0.250. The maximum Gasteiger partial charge on any atom is 0.224 e. The van der Waals surface area contributed by atoms with E-state index < -0.39 is 15.9 Å². The van der Waals surface area contributed by atoms with Gasteiger partial charge < -0.3 is 5.32 Å². The number of amides is 1. The van der Waals surface area contributed by atoms with Crippen LogP contribution >= 0.6 is 11.6 Å². The third-order valence-electron chi connectivity index (χ3n) is 2.55. The number of benzene rings is 1. The average molecular weight is 286 g/mol. The molecule has 1 amide bonds. The quantitative estimate of drug-likeness (QED) is 0.911. The Morgan fingerprint density at radius 3 is 2.56 bits per heavy atom. The Labute approximate surface area is 111 Å². The van der Waals surface area contributed by atoms with E-state index in [1.807, 2.05) is 0 Å². The summed E-state index contributed by atoms with van der Waals surface area (Å²) in [5.74, 6) is -0.261. The van der Waals surface area contributed by atoms with Gasteiger partial charge >= 0.3 is 0 Å². The lowest BCUT2D eigenvalue weighted by atomic mass is 10.1. The average Bonchev–Trinajstić information content (AvgIpc) is 2.61. The number of carbonyl (C=O) groups excluding carboxylic acids is 1. The molecule has 6 heteroatoms. The number of hydrogen-bond acceptors (Lipinski definition) is 3. The van der Waals surface area contributed by atoms with E-state index in [0.717, 1.165) is 11.0 Å². The molecule has 0 bridgehead atoms. The molecular weight excluding hydrogens is 274 g/mol. The molecule has 0 radical (unpaired) electrons. The highest BCUT2D eigenvalue weighted by atomic mass is 35.5. The van der Waals surface area contributed by atoms with E-state index in [1.54, 1.807) is 24.3 Å². The molecule has 0 aliphatic carbocycles. The summed E-state index contributed by atoms with van der Waals surface area (Å²) in [6.07, 6.45) is 1.71. The summed E-state index contributed by atoms with van der Waals surface area (Å²) >= 11 is 5.74. The molecule has 4 nitrogen and oxygen atoms in total. The molecule has 96 valence electrons. The van der Waals surface area contributed by atoms with Crippen molar-refractivity contribution in [2.24, 2.45) is 0 Å². The van der Waals surface area contributed by atoms with Crippen LogP contribution in [-0.4, -0.2) is 26.1 Å². The minimum atomic E-state index is -3.13. The predicted molar refractivity (Wildman–Crippen MR) is 70.0 cm³/mol. The van der Waals surface area contributed by atoms with Crippen molar-refractivity contribution in [3.63, 3.8) is 0 Å². The lowest BCUT2D eigenvalue weighted by Crippen LogP contribution is -2.36. The van der Waals surface area contributed by atoms with Crippen molar-refractivity contribution in [2.45, 2.75) is 12.5 Å². The molecule has 1 aromatic rings. The van der Waals surface area contributed by atoms with Crippen LogP contribution in [0.3, 0.4) is 0 Å². The van der Waals surface area contributed by atoms with Crippen LogP contribution in [0.1, 0.15) is 5.56 Å². The Balaban J connectivity index is 1.90. The second-order valence-corrected chi connectivity index (χ2v) is 6.50. The molecule has 0 saturated heterocycles. The van der Waals surface area contributed by atoms with E-state index in [2.05, 4.69) is 5.32 Å². The molecular formula is C12H12ClNO3S. The number of rotatable bonds is 3. The Morgan fingerprint density at radius 2 is 2.00 bits per heavy atom. The molecule has 0 fully saturated rings. The van der Waals surface area contributed by atoms with Crippen LogP contribution in [0.5, 0.6) is 0 Å². The van der Waals surface area contributed by atoms with Gasteiger partial charge in [-0.25, -0.2) is 8.42 Å². The van der Waals surface area contributed by atoms with Gasteiger partial charge in [-0.05, 0) is 23.8 Å².